The lowest BCUT2D eigenvalue weighted by atomic mass is 9.82. The Morgan fingerprint density at radius 3 is 2.76 bits per heavy atom. The van der Waals surface area contributed by atoms with Gasteiger partial charge in [-0.15, -0.1) is 0 Å². The predicted octanol–water partition coefficient (Wildman–Crippen LogP) is 4.33. The van der Waals surface area contributed by atoms with Gasteiger partial charge in [0.15, 0.2) is 5.60 Å². The highest BCUT2D eigenvalue weighted by Crippen LogP contribution is 2.60. The van der Waals surface area contributed by atoms with Crippen LogP contribution in [-0.2, 0) is 26.5 Å². The number of benzene rings is 2. The summed E-state index contributed by atoms with van der Waals surface area (Å²) in [5, 5.41) is 16.0. The summed E-state index contributed by atoms with van der Waals surface area (Å²) in [6.45, 7) is 7.05. The Balaban J connectivity index is 1.43. The van der Waals surface area contributed by atoms with Gasteiger partial charge in [-0.1, -0.05) is 37.3 Å². The summed E-state index contributed by atoms with van der Waals surface area (Å²) in [4.78, 5) is 28.7. The molecule has 0 saturated carbocycles. The number of aliphatic hydroxyl groups is 1. The number of carbonyl (C=O) groups excluding carboxylic acids is 2. The van der Waals surface area contributed by atoms with Gasteiger partial charge in [-0.25, -0.2) is 0 Å². The quantitative estimate of drug-likeness (QED) is 0.360. The number of fused-ring (bicyclic) bond motifs is 2. The minimum Gasteiger partial charge on any atom is -0.396 e. The van der Waals surface area contributed by atoms with Crippen LogP contribution < -0.4 is 15.5 Å². The molecular formula is C29H38FN3O4Si. The van der Waals surface area contributed by atoms with Crippen LogP contribution in [0, 0.1) is 11.8 Å². The van der Waals surface area contributed by atoms with Gasteiger partial charge < -0.3 is 29.5 Å². The van der Waals surface area contributed by atoms with E-state index in [-0.39, 0.29) is 30.3 Å². The third-order valence-corrected chi connectivity index (χ3v) is 10.9. The minimum absolute atomic E-state index is 0.00282. The van der Waals surface area contributed by atoms with Gasteiger partial charge in [-0.2, -0.15) is 0 Å². The first-order chi connectivity index (χ1) is 18.2. The molecule has 0 bridgehead atoms. The van der Waals surface area contributed by atoms with Crippen LogP contribution in [0.3, 0.4) is 0 Å². The van der Waals surface area contributed by atoms with E-state index in [1.54, 1.807) is 18.0 Å². The molecule has 5 atom stereocenters. The Labute approximate surface area is 224 Å². The molecule has 0 aromatic heterocycles. The van der Waals surface area contributed by atoms with Crippen LogP contribution >= 0.6 is 0 Å². The number of para-hydroxylation sites is 1. The fraction of sp³-hybridized carbons (Fsp3) is 0.517. The SMILES string of the molecule is C[C@H]1[C@H]([Si](C)(C)F)[C@@H](CCO)O[C@]12C(=O)N(Cc1cccc(NC(=O)C3CCCNC3)c1)c1ccccc12. The first-order valence-electron chi connectivity index (χ1n) is 13.7. The Kier molecular flexibility index (Phi) is 7.47. The summed E-state index contributed by atoms with van der Waals surface area (Å²) in [5.74, 6) is -0.622. The molecule has 2 amide bonds. The molecule has 1 spiro atoms. The molecule has 3 aliphatic heterocycles. The van der Waals surface area contributed by atoms with Crippen molar-refractivity contribution in [1.82, 2.24) is 5.32 Å². The Morgan fingerprint density at radius 1 is 1.26 bits per heavy atom. The van der Waals surface area contributed by atoms with Gasteiger partial charge in [0.05, 0.1) is 24.3 Å². The number of aliphatic hydroxyl groups excluding tert-OH is 1. The van der Waals surface area contributed by atoms with Crippen molar-refractivity contribution in [3.8, 4) is 0 Å². The number of anilines is 2. The average molecular weight is 540 g/mol. The molecule has 2 aromatic carbocycles. The van der Waals surface area contributed by atoms with Crippen molar-refractivity contribution in [3.05, 3.63) is 59.7 Å². The normalized spacial score (nSPS) is 29.1. The number of piperidine rings is 1. The number of ether oxygens (including phenoxy) is 1. The first kappa shape index (κ1) is 27.0. The van der Waals surface area contributed by atoms with Crippen molar-refractivity contribution in [2.45, 2.75) is 63.1 Å². The number of nitrogens with one attached hydrogen (secondary N) is 2. The Hall–Kier alpha value is -2.59. The lowest BCUT2D eigenvalue weighted by Crippen LogP contribution is -2.45. The molecule has 3 aliphatic rings. The van der Waals surface area contributed by atoms with Crippen molar-refractivity contribution in [1.29, 1.82) is 0 Å². The average Bonchev–Trinajstić information content (AvgIpc) is 3.32. The van der Waals surface area contributed by atoms with Crippen molar-refractivity contribution >= 4 is 31.6 Å². The van der Waals surface area contributed by atoms with E-state index in [1.165, 1.54) is 0 Å². The number of halogens is 1. The van der Waals surface area contributed by atoms with Gasteiger partial charge >= 0.3 is 0 Å². The zero-order valence-electron chi connectivity index (χ0n) is 22.4. The van der Waals surface area contributed by atoms with E-state index >= 15 is 4.11 Å². The van der Waals surface area contributed by atoms with E-state index in [0.717, 1.165) is 36.2 Å². The van der Waals surface area contributed by atoms with Crippen LogP contribution in [0.5, 0.6) is 0 Å². The standard InChI is InChI=1S/C29H38FN3O4Si/c1-19-26(38(2,3)30)25(13-15-34)37-29(19)23-11-4-5-12-24(23)33(28(29)36)18-20-8-6-10-22(16-20)32-27(35)21-9-7-14-31-17-21/h4-6,8,10-12,16,19,21,25-26,31,34H,7,9,13-15,17-18H2,1-3H3,(H,32,35)/t19-,21?,25+,26-,29+/m0/s1. The van der Waals surface area contributed by atoms with E-state index < -0.39 is 25.7 Å². The minimum atomic E-state index is -3.22. The number of amides is 2. The molecule has 1 unspecified atom stereocenters. The molecule has 5 rings (SSSR count). The van der Waals surface area contributed by atoms with Crippen LogP contribution in [0.1, 0.15) is 37.3 Å². The zero-order chi connectivity index (χ0) is 27.1. The van der Waals surface area contributed by atoms with Crippen LogP contribution in [0.2, 0.25) is 18.6 Å². The molecule has 204 valence electrons. The number of hydrogen-bond acceptors (Lipinski definition) is 5. The highest BCUT2D eigenvalue weighted by Gasteiger charge is 2.66. The molecule has 3 N–H and O–H groups in total. The Bertz CT molecular complexity index is 1200. The van der Waals surface area contributed by atoms with Crippen molar-refractivity contribution < 1.29 is 23.5 Å². The highest BCUT2D eigenvalue weighted by molar-refractivity contribution is 6.72. The van der Waals surface area contributed by atoms with Gasteiger partial charge in [0.25, 0.3) is 5.91 Å². The topological polar surface area (TPSA) is 90.9 Å². The molecule has 0 aliphatic carbocycles. The van der Waals surface area contributed by atoms with Gasteiger partial charge in [0.2, 0.25) is 14.3 Å². The van der Waals surface area contributed by atoms with E-state index in [4.69, 9.17) is 4.74 Å². The fourth-order valence-corrected chi connectivity index (χ4v) is 9.35. The van der Waals surface area contributed by atoms with Gasteiger partial charge in [-0.3, -0.25) is 9.59 Å². The second kappa shape index (κ2) is 10.5. The number of hydrogen-bond donors (Lipinski definition) is 3. The number of rotatable bonds is 7. The maximum atomic E-state index is 15.6. The molecule has 38 heavy (non-hydrogen) atoms. The number of carbonyl (C=O) groups is 2. The third kappa shape index (κ3) is 4.70. The number of nitrogens with zero attached hydrogens (tertiary/aromatic N) is 1. The molecule has 0 radical (unpaired) electrons. The monoisotopic (exact) mass is 539 g/mol. The summed E-state index contributed by atoms with van der Waals surface area (Å²) in [6, 6.07) is 15.2. The maximum Gasteiger partial charge on any atom is 0.264 e. The predicted molar refractivity (Wildman–Crippen MR) is 148 cm³/mol. The maximum absolute atomic E-state index is 15.6. The largest absolute Gasteiger partial charge is 0.396 e. The van der Waals surface area contributed by atoms with Crippen LogP contribution in [0.4, 0.5) is 15.5 Å². The van der Waals surface area contributed by atoms with Crippen LogP contribution in [0.15, 0.2) is 48.5 Å². The van der Waals surface area contributed by atoms with Crippen molar-refractivity contribution in [2.24, 2.45) is 11.8 Å². The summed E-state index contributed by atoms with van der Waals surface area (Å²) in [5.41, 5.74) is 1.39. The second-order valence-electron chi connectivity index (χ2n) is 11.4. The summed E-state index contributed by atoms with van der Waals surface area (Å²) in [6.07, 6.45) is 1.63. The fourth-order valence-electron chi connectivity index (χ4n) is 6.81. The lowest BCUT2D eigenvalue weighted by molar-refractivity contribution is -0.146. The van der Waals surface area contributed by atoms with Crippen LogP contribution in [-0.4, -0.2) is 51.1 Å². The van der Waals surface area contributed by atoms with Crippen molar-refractivity contribution in [2.75, 3.05) is 29.9 Å². The summed E-state index contributed by atoms with van der Waals surface area (Å²) < 4.78 is 22.1. The summed E-state index contributed by atoms with van der Waals surface area (Å²) >= 11 is 0. The smallest absolute Gasteiger partial charge is 0.264 e. The van der Waals surface area contributed by atoms with E-state index in [0.29, 0.717) is 25.2 Å². The third-order valence-electron chi connectivity index (χ3n) is 8.48. The van der Waals surface area contributed by atoms with E-state index in [9.17, 15) is 14.7 Å². The lowest BCUT2D eigenvalue weighted by Gasteiger charge is -2.31. The van der Waals surface area contributed by atoms with E-state index in [2.05, 4.69) is 10.6 Å². The first-order valence-corrected chi connectivity index (χ1v) is 16.6. The molecule has 9 heteroatoms. The zero-order valence-corrected chi connectivity index (χ0v) is 23.4. The molecule has 2 saturated heterocycles. The second-order valence-corrected chi connectivity index (χ2v) is 15.2. The summed E-state index contributed by atoms with van der Waals surface area (Å²) in [7, 11) is -3.22. The van der Waals surface area contributed by atoms with Crippen LogP contribution in [0.25, 0.3) is 0 Å². The molecule has 3 heterocycles. The Morgan fingerprint density at radius 2 is 2.05 bits per heavy atom. The van der Waals surface area contributed by atoms with Gasteiger partial charge in [-0.05, 0) is 62.7 Å². The van der Waals surface area contributed by atoms with E-state index in [1.807, 2.05) is 55.5 Å². The van der Waals surface area contributed by atoms with Gasteiger partial charge in [0, 0.05) is 35.9 Å². The molecule has 2 aromatic rings. The van der Waals surface area contributed by atoms with Gasteiger partial charge in [0.1, 0.15) is 0 Å². The molecular weight excluding hydrogens is 501 g/mol. The molecule has 7 nitrogen and oxygen atoms in total. The molecule has 2 fully saturated rings. The highest BCUT2D eigenvalue weighted by atomic mass is 28.4. The van der Waals surface area contributed by atoms with Crippen molar-refractivity contribution in [3.63, 3.8) is 0 Å².